The second-order valence-corrected chi connectivity index (χ2v) is 15.4. The van der Waals surface area contributed by atoms with Gasteiger partial charge in [-0.25, -0.2) is 0 Å². The highest BCUT2D eigenvalue weighted by Gasteiger charge is 2.24. The molecule has 1 aromatic heterocycles. The smallest absolute Gasteiger partial charge is 0.143 e. The van der Waals surface area contributed by atoms with Gasteiger partial charge >= 0.3 is 0 Å². The van der Waals surface area contributed by atoms with Gasteiger partial charge in [-0.1, -0.05) is 176 Å². The van der Waals surface area contributed by atoms with Gasteiger partial charge in [0.2, 0.25) is 0 Å². The second-order valence-electron chi connectivity index (χ2n) is 15.4. The van der Waals surface area contributed by atoms with E-state index < -0.39 is 0 Å². The number of fused-ring (bicyclic) bond motifs is 5. The summed E-state index contributed by atoms with van der Waals surface area (Å²) < 4.78 is 7.05. The number of furan rings is 1. The molecule has 0 aliphatic rings. The third-order valence-corrected chi connectivity index (χ3v) is 11.6. The standard InChI is InChI=1S/C58H40N2O/c1-5-16-41(17-6-1)43-28-30-44(31-29-43)45-32-35-50(36-33-45)60(49-24-11-4-12-25-49)55-39-52(40-56-57(55)54-37-34-46-20-13-14-27-53(46)58(54)61-56)59(48-22-9-3-10-23-48)51-26-15-21-47(38-51)42-18-7-2-8-19-42/h1-40H. The quantitative estimate of drug-likeness (QED) is 0.145. The highest BCUT2D eigenvalue weighted by atomic mass is 16.3. The van der Waals surface area contributed by atoms with Crippen LogP contribution in [0.1, 0.15) is 0 Å². The van der Waals surface area contributed by atoms with E-state index in [4.69, 9.17) is 4.42 Å². The summed E-state index contributed by atoms with van der Waals surface area (Å²) in [6, 6.07) is 86.4. The molecule has 1 heterocycles. The third kappa shape index (κ3) is 6.78. The molecule has 0 saturated heterocycles. The van der Waals surface area contributed by atoms with Gasteiger partial charge in [-0.15, -0.1) is 0 Å². The van der Waals surface area contributed by atoms with Gasteiger partial charge in [-0.05, 0) is 99.4 Å². The molecule has 0 saturated carbocycles. The first kappa shape index (κ1) is 36.0. The van der Waals surface area contributed by atoms with Crippen molar-refractivity contribution in [3.8, 4) is 33.4 Å². The van der Waals surface area contributed by atoms with Crippen molar-refractivity contribution in [2.75, 3.05) is 9.80 Å². The molecule has 0 aliphatic carbocycles. The van der Waals surface area contributed by atoms with Crippen molar-refractivity contribution in [1.29, 1.82) is 0 Å². The van der Waals surface area contributed by atoms with Crippen molar-refractivity contribution in [3.05, 3.63) is 243 Å². The van der Waals surface area contributed by atoms with E-state index in [1.807, 2.05) is 0 Å². The van der Waals surface area contributed by atoms with Gasteiger partial charge in [0.25, 0.3) is 0 Å². The largest absolute Gasteiger partial charge is 0.455 e. The summed E-state index contributed by atoms with van der Waals surface area (Å²) in [6.07, 6.45) is 0. The number of nitrogens with zero attached hydrogens (tertiary/aromatic N) is 2. The molecule has 288 valence electrons. The number of hydrogen-bond donors (Lipinski definition) is 0. The monoisotopic (exact) mass is 780 g/mol. The Kier molecular flexibility index (Phi) is 9.18. The average molecular weight is 781 g/mol. The summed E-state index contributed by atoms with van der Waals surface area (Å²) in [7, 11) is 0. The predicted molar refractivity (Wildman–Crippen MR) is 257 cm³/mol. The molecule has 0 fully saturated rings. The van der Waals surface area contributed by atoms with Crippen LogP contribution >= 0.6 is 0 Å². The zero-order chi connectivity index (χ0) is 40.5. The topological polar surface area (TPSA) is 19.6 Å². The van der Waals surface area contributed by atoms with Crippen molar-refractivity contribution in [3.63, 3.8) is 0 Å². The molecule has 0 aliphatic heterocycles. The Hall–Kier alpha value is -8.14. The molecule has 0 spiro atoms. The molecule has 10 aromatic carbocycles. The molecule has 0 N–H and O–H groups in total. The lowest BCUT2D eigenvalue weighted by atomic mass is 9.99. The first-order valence-electron chi connectivity index (χ1n) is 20.7. The molecule has 0 radical (unpaired) electrons. The highest BCUT2D eigenvalue weighted by Crippen LogP contribution is 2.48. The highest BCUT2D eigenvalue weighted by molar-refractivity contribution is 6.20. The lowest BCUT2D eigenvalue weighted by molar-refractivity contribution is 0.673. The first-order chi connectivity index (χ1) is 30.2. The molecule has 0 atom stereocenters. The van der Waals surface area contributed by atoms with Gasteiger partial charge in [-0.3, -0.25) is 0 Å². The fourth-order valence-electron chi connectivity index (χ4n) is 8.68. The Morgan fingerprint density at radius 1 is 0.279 bits per heavy atom. The van der Waals surface area contributed by atoms with Gasteiger partial charge < -0.3 is 14.2 Å². The minimum Gasteiger partial charge on any atom is -0.455 e. The maximum Gasteiger partial charge on any atom is 0.143 e. The number of benzene rings is 10. The van der Waals surface area contributed by atoms with Crippen molar-refractivity contribution in [1.82, 2.24) is 0 Å². The molecular formula is C58H40N2O. The number of para-hydroxylation sites is 2. The van der Waals surface area contributed by atoms with E-state index in [0.29, 0.717) is 0 Å². The Bertz CT molecular complexity index is 3270. The van der Waals surface area contributed by atoms with E-state index in [0.717, 1.165) is 78.0 Å². The number of anilines is 6. The van der Waals surface area contributed by atoms with Crippen LogP contribution in [-0.2, 0) is 0 Å². The minimum absolute atomic E-state index is 0.815. The van der Waals surface area contributed by atoms with E-state index in [2.05, 4.69) is 252 Å². The number of rotatable bonds is 9. The molecular weight excluding hydrogens is 741 g/mol. The minimum atomic E-state index is 0.815. The summed E-state index contributed by atoms with van der Waals surface area (Å²) in [6.45, 7) is 0. The van der Waals surface area contributed by atoms with Crippen LogP contribution < -0.4 is 9.80 Å². The molecule has 0 unspecified atom stereocenters. The maximum absolute atomic E-state index is 7.05. The second kappa shape index (κ2) is 15.6. The van der Waals surface area contributed by atoms with Crippen LogP contribution in [-0.4, -0.2) is 0 Å². The van der Waals surface area contributed by atoms with Crippen LogP contribution in [0.3, 0.4) is 0 Å². The Morgan fingerprint density at radius 3 is 1.39 bits per heavy atom. The zero-order valence-corrected chi connectivity index (χ0v) is 33.4. The van der Waals surface area contributed by atoms with Gasteiger partial charge in [0.1, 0.15) is 11.2 Å². The number of hydrogen-bond acceptors (Lipinski definition) is 3. The lowest BCUT2D eigenvalue weighted by Gasteiger charge is -2.30. The van der Waals surface area contributed by atoms with Crippen LogP contribution in [0.2, 0.25) is 0 Å². The Labute approximate surface area is 355 Å². The fraction of sp³-hybridized carbons (Fsp3) is 0. The first-order valence-corrected chi connectivity index (χ1v) is 20.7. The van der Waals surface area contributed by atoms with Crippen LogP contribution in [0, 0.1) is 0 Å². The average Bonchev–Trinajstić information content (AvgIpc) is 3.73. The summed E-state index contributed by atoms with van der Waals surface area (Å²) in [5.74, 6) is 0. The SMILES string of the molecule is c1ccc(-c2ccc(-c3ccc(N(c4ccccc4)c4cc(N(c5ccccc5)c5cccc(-c6ccccc6)c5)cc5oc6c7ccccc7ccc6c45)cc3)cc2)cc1. The molecule has 61 heavy (non-hydrogen) atoms. The zero-order valence-electron chi connectivity index (χ0n) is 33.4. The van der Waals surface area contributed by atoms with Crippen LogP contribution in [0.5, 0.6) is 0 Å². The summed E-state index contributed by atoms with van der Waals surface area (Å²) >= 11 is 0. The van der Waals surface area contributed by atoms with E-state index in [9.17, 15) is 0 Å². The Morgan fingerprint density at radius 2 is 0.754 bits per heavy atom. The maximum atomic E-state index is 7.05. The molecule has 0 amide bonds. The molecule has 11 aromatic rings. The molecule has 0 bridgehead atoms. The van der Waals surface area contributed by atoms with Crippen molar-refractivity contribution in [2.45, 2.75) is 0 Å². The normalized spacial score (nSPS) is 11.3. The molecule has 3 nitrogen and oxygen atoms in total. The fourth-order valence-corrected chi connectivity index (χ4v) is 8.68. The van der Waals surface area contributed by atoms with Crippen LogP contribution in [0.4, 0.5) is 34.1 Å². The molecule has 11 rings (SSSR count). The van der Waals surface area contributed by atoms with E-state index >= 15 is 0 Å². The predicted octanol–water partition coefficient (Wildman–Crippen LogP) is 16.7. The van der Waals surface area contributed by atoms with Crippen LogP contribution in [0.25, 0.3) is 66.1 Å². The lowest BCUT2D eigenvalue weighted by Crippen LogP contribution is -2.13. The van der Waals surface area contributed by atoms with Crippen molar-refractivity contribution >= 4 is 66.8 Å². The molecule has 3 heteroatoms. The summed E-state index contributed by atoms with van der Waals surface area (Å²) in [4.78, 5) is 4.72. The van der Waals surface area contributed by atoms with Crippen LogP contribution in [0.15, 0.2) is 247 Å². The summed E-state index contributed by atoms with van der Waals surface area (Å²) in [5.41, 5.74) is 15.0. The van der Waals surface area contributed by atoms with Crippen molar-refractivity contribution in [2.24, 2.45) is 0 Å². The van der Waals surface area contributed by atoms with E-state index in [1.54, 1.807) is 0 Å². The van der Waals surface area contributed by atoms with Gasteiger partial charge in [0.15, 0.2) is 0 Å². The van der Waals surface area contributed by atoms with Gasteiger partial charge in [0, 0.05) is 39.6 Å². The van der Waals surface area contributed by atoms with Gasteiger partial charge in [0.05, 0.1) is 16.8 Å². The van der Waals surface area contributed by atoms with E-state index in [-0.39, 0.29) is 0 Å². The summed E-state index contributed by atoms with van der Waals surface area (Å²) in [5, 5.41) is 4.36. The van der Waals surface area contributed by atoms with E-state index in [1.165, 1.54) is 22.3 Å². The third-order valence-electron chi connectivity index (χ3n) is 11.6. The Balaban J connectivity index is 1.12. The van der Waals surface area contributed by atoms with Crippen molar-refractivity contribution < 1.29 is 4.42 Å². The van der Waals surface area contributed by atoms with Gasteiger partial charge in [-0.2, -0.15) is 0 Å².